The van der Waals surface area contributed by atoms with E-state index in [0.29, 0.717) is 6.54 Å². The number of halogens is 1. The second-order valence-corrected chi connectivity index (χ2v) is 7.60. The summed E-state index contributed by atoms with van der Waals surface area (Å²) in [6.07, 6.45) is 0. The summed E-state index contributed by atoms with van der Waals surface area (Å²) in [5.74, 6) is -0.967. The van der Waals surface area contributed by atoms with Crippen molar-refractivity contribution in [3.05, 3.63) is 33.8 Å². The number of carboxylic acid groups (broad SMARTS) is 1. The molecule has 2 atom stereocenters. The summed E-state index contributed by atoms with van der Waals surface area (Å²) in [5.41, 5.74) is 2.28. The van der Waals surface area contributed by atoms with Gasteiger partial charge in [-0.05, 0) is 51.0 Å². The van der Waals surface area contributed by atoms with Gasteiger partial charge in [-0.2, -0.15) is 0 Å². The van der Waals surface area contributed by atoms with Gasteiger partial charge in [0, 0.05) is 29.0 Å². The molecule has 1 aromatic carbocycles. The maximum Gasteiger partial charge on any atom is 0.308 e. The average molecular weight is 340 g/mol. The highest BCUT2D eigenvalue weighted by molar-refractivity contribution is 9.10. The SMILES string of the molecule is Cc1cc(Br)cc([C@H]2CN(C(C)(C)C)C[C@@H]2C(=O)O)c1. The van der Waals surface area contributed by atoms with Crippen molar-refractivity contribution in [1.29, 1.82) is 0 Å². The molecule has 4 heteroatoms. The van der Waals surface area contributed by atoms with Gasteiger partial charge >= 0.3 is 5.97 Å². The molecule has 0 spiro atoms. The number of rotatable bonds is 2. The van der Waals surface area contributed by atoms with Crippen LogP contribution < -0.4 is 0 Å². The van der Waals surface area contributed by atoms with Crippen LogP contribution in [0.4, 0.5) is 0 Å². The van der Waals surface area contributed by atoms with Gasteiger partial charge in [0.2, 0.25) is 0 Å². The van der Waals surface area contributed by atoms with Crippen molar-refractivity contribution >= 4 is 21.9 Å². The van der Waals surface area contributed by atoms with Crippen molar-refractivity contribution in [2.75, 3.05) is 13.1 Å². The van der Waals surface area contributed by atoms with E-state index in [1.165, 1.54) is 0 Å². The molecule has 0 amide bonds. The zero-order chi connectivity index (χ0) is 15.1. The molecule has 110 valence electrons. The molecule has 1 saturated heterocycles. The molecule has 0 bridgehead atoms. The van der Waals surface area contributed by atoms with Crippen LogP contribution in [0.15, 0.2) is 22.7 Å². The molecule has 1 aromatic rings. The first kappa shape index (κ1) is 15.5. The normalized spacial score (nSPS) is 24.1. The molecule has 0 unspecified atom stereocenters. The third kappa shape index (κ3) is 3.23. The molecule has 0 radical (unpaired) electrons. The Hall–Kier alpha value is -0.870. The van der Waals surface area contributed by atoms with Gasteiger partial charge in [-0.1, -0.05) is 22.0 Å². The number of hydrogen-bond acceptors (Lipinski definition) is 2. The highest BCUT2D eigenvalue weighted by atomic mass is 79.9. The zero-order valence-electron chi connectivity index (χ0n) is 12.5. The first-order chi connectivity index (χ1) is 9.18. The van der Waals surface area contributed by atoms with Crippen LogP contribution in [0, 0.1) is 12.8 Å². The summed E-state index contributed by atoms with van der Waals surface area (Å²) in [6, 6.07) is 6.22. The zero-order valence-corrected chi connectivity index (χ0v) is 14.1. The molecule has 3 nitrogen and oxygen atoms in total. The predicted octanol–water partition coefficient (Wildman–Crippen LogP) is 3.66. The van der Waals surface area contributed by atoms with Crippen molar-refractivity contribution in [3.63, 3.8) is 0 Å². The Bertz CT molecular complexity index is 501. The van der Waals surface area contributed by atoms with Gasteiger partial charge in [0.15, 0.2) is 0 Å². The van der Waals surface area contributed by atoms with Crippen molar-refractivity contribution < 1.29 is 9.90 Å². The van der Waals surface area contributed by atoms with Crippen LogP contribution in [0.5, 0.6) is 0 Å². The number of hydrogen-bond donors (Lipinski definition) is 1. The van der Waals surface area contributed by atoms with Crippen LogP contribution in [-0.2, 0) is 4.79 Å². The van der Waals surface area contributed by atoms with E-state index in [1.807, 2.05) is 6.92 Å². The van der Waals surface area contributed by atoms with E-state index in [1.54, 1.807) is 0 Å². The summed E-state index contributed by atoms with van der Waals surface area (Å²) < 4.78 is 1.02. The Morgan fingerprint density at radius 3 is 2.45 bits per heavy atom. The molecule has 1 fully saturated rings. The number of carboxylic acids is 1. The smallest absolute Gasteiger partial charge is 0.308 e. The fourth-order valence-corrected chi connectivity index (χ4v) is 3.54. The van der Waals surface area contributed by atoms with Crippen LogP contribution in [0.3, 0.4) is 0 Å². The fraction of sp³-hybridized carbons (Fsp3) is 0.562. The molecular formula is C16H22BrNO2. The Kier molecular flexibility index (Phi) is 4.26. The maximum atomic E-state index is 11.6. The first-order valence-electron chi connectivity index (χ1n) is 6.93. The number of benzene rings is 1. The van der Waals surface area contributed by atoms with Gasteiger partial charge < -0.3 is 5.11 Å². The molecule has 20 heavy (non-hydrogen) atoms. The molecule has 0 aliphatic carbocycles. The quantitative estimate of drug-likeness (QED) is 0.893. The second kappa shape index (κ2) is 5.49. The standard InChI is InChI=1S/C16H22BrNO2/c1-10-5-11(7-12(17)6-10)13-8-18(16(2,3)4)9-14(13)15(19)20/h5-7,13-14H,8-9H2,1-4H3,(H,19,20)/t13-,14+/m1/s1. The summed E-state index contributed by atoms with van der Waals surface area (Å²) in [6.45, 7) is 9.88. The van der Waals surface area contributed by atoms with Crippen molar-refractivity contribution in [3.8, 4) is 0 Å². The van der Waals surface area contributed by atoms with Crippen LogP contribution >= 0.6 is 15.9 Å². The minimum Gasteiger partial charge on any atom is -0.481 e. The van der Waals surface area contributed by atoms with Gasteiger partial charge in [0.1, 0.15) is 0 Å². The number of aryl methyl sites for hydroxylation is 1. The van der Waals surface area contributed by atoms with Crippen LogP contribution in [0.2, 0.25) is 0 Å². The summed E-state index contributed by atoms with van der Waals surface area (Å²) in [5, 5.41) is 9.53. The van der Waals surface area contributed by atoms with E-state index < -0.39 is 5.97 Å². The fourth-order valence-electron chi connectivity index (χ4n) is 2.92. The van der Waals surface area contributed by atoms with Gasteiger partial charge in [-0.15, -0.1) is 0 Å². The predicted molar refractivity (Wildman–Crippen MR) is 84.1 cm³/mol. The molecule has 0 aromatic heterocycles. The highest BCUT2D eigenvalue weighted by Gasteiger charge is 2.42. The Balaban J connectivity index is 2.35. The Morgan fingerprint density at radius 2 is 1.95 bits per heavy atom. The van der Waals surface area contributed by atoms with E-state index in [0.717, 1.165) is 22.1 Å². The minimum absolute atomic E-state index is 0.00348. The second-order valence-electron chi connectivity index (χ2n) is 6.69. The lowest BCUT2D eigenvalue weighted by molar-refractivity contribution is -0.141. The van der Waals surface area contributed by atoms with Crippen LogP contribution in [-0.4, -0.2) is 34.6 Å². The van der Waals surface area contributed by atoms with E-state index in [4.69, 9.17) is 0 Å². The van der Waals surface area contributed by atoms with Gasteiger partial charge in [0.25, 0.3) is 0 Å². The average Bonchev–Trinajstić information content (AvgIpc) is 2.71. The first-order valence-corrected chi connectivity index (χ1v) is 7.73. The van der Waals surface area contributed by atoms with Gasteiger partial charge in [-0.3, -0.25) is 9.69 Å². The number of aliphatic carboxylic acids is 1. The van der Waals surface area contributed by atoms with E-state index in [2.05, 4.69) is 59.8 Å². The third-order valence-corrected chi connectivity index (χ3v) is 4.54. The minimum atomic E-state index is -0.695. The van der Waals surface area contributed by atoms with Crippen LogP contribution in [0.25, 0.3) is 0 Å². The largest absolute Gasteiger partial charge is 0.481 e. The number of likely N-dealkylation sites (tertiary alicyclic amines) is 1. The summed E-state index contributed by atoms with van der Waals surface area (Å²) >= 11 is 3.51. The highest BCUT2D eigenvalue weighted by Crippen LogP contribution is 2.37. The van der Waals surface area contributed by atoms with E-state index in [9.17, 15) is 9.90 Å². The van der Waals surface area contributed by atoms with Gasteiger partial charge in [0.05, 0.1) is 5.92 Å². The molecule has 1 aliphatic heterocycles. The molecular weight excluding hydrogens is 318 g/mol. The molecule has 2 rings (SSSR count). The lowest BCUT2D eigenvalue weighted by Gasteiger charge is -2.31. The van der Waals surface area contributed by atoms with Gasteiger partial charge in [-0.25, -0.2) is 0 Å². The van der Waals surface area contributed by atoms with Crippen molar-refractivity contribution in [2.24, 2.45) is 5.92 Å². The van der Waals surface area contributed by atoms with E-state index in [-0.39, 0.29) is 17.4 Å². The Morgan fingerprint density at radius 1 is 1.30 bits per heavy atom. The van der Waals surface area contributed by atoms with E-state index >= 15 is 0 Å². The molecule has 1 aliphatic rings. The molecule has 1 N–H and O–H groups in total. The van der Waals surface area contributed by atoms with Crippen LogP contribution in [0.1, 0.15) is 37.8 Å². The van der Waals surface area contributed by atoms with Crippen molar-refractivity contribution in [1.82, 2.24) is 4.90 Å². The van der Waals surface area contributed by atoms with Crippen molar-refractivity contribution in [2.45, 2.75) is 39.2 Å². The molecule has 1 heterocycles. The lowest BCUT2D eigenvalue weighted by Crippen LogP contribution is -2.40. The summed E-state index contributed by atoms with van der Waals surface area (Å²) in [7, 11) is 0. The summed E-state index contributed by atoms with van der Waals surface area (Å²) in [4.78, 5) is 13.9. The lowest BCUT2D eigenvalue weighted by atomic mass is 9.88. The monoisotopic (exact) mass is 339 g/mol. The Labute approximate surface area is 129 Å². The number of nitrogens with zero attached hydrogens (tertiary/aromatic N) is 1. The third-order valence-electron chi connectivity index (χ3n) is 4.08. The maximum absolute atomic E-state index is 11.6. The molecule has 0 saturated carbocycles. The number of carbonyl (C=O) groups is 1. The topological polar surface area (TPSA) is 40.5 Å².